The van der Waals surface area contributed by atoms with Gasteiger partial charge in [-0.05, 0) is 0 Å². The minimum absolute atomic E-state index is 0.0979. The van der Waals surface area contributed by atoms with Crippen LogP contribution in [0, 0.1) is 0 Å². The van der Waals surface area contributed by atoms with Crippen molar-refractivity contribution in [1.82, 2.24) is 0 Å². The number of thiophene rings is 1. The number of hydrogen-bond acceptors (Lipinski definition) is 2. The molecule has 0 bridgehead atoms. The summed E-state index contributed by atoms with van der Waals surface area (Å²) < 4.78 is 8.84. The van der Waals surface area contributed by atoms with Crippen molar-refractivity contribution in [2.75, 3.05) is 4.90 Å². The van der Waals surface area contributed by atoms with Gasteiger partial charge in [0.25, 0.3) is 0 Å². The van der Waals surface area contributed by atoms with Crippen molar-refractivity contribution in [3.63, 3.8) is 0 Å². The number of rotatable bonds is 3. The van der Waals surface area contributed by atoms with Gasteiger partial charge in [-0.2, -0.15) is 0 Å². The second kappa shape index (κ2) is 10.9. The predicted molar refractivity (Wildman–Crippen MR) is 233 cm³/mol. The van der Waals surface area contributed by atoms with Crippen molar-refractivity contribution in [1.29, 1.82) is 0 Å². The summed E-state index contributed by atoms with van der Waals surface area (Å²) in [6.07, 6.45) is 0. The fourth-order valence-corrected chi connectivity index (χ4v) is 23.3. The van der Waals surface area contributed by atoms with E-state index in [0.29, 0.717) is 0 Å². The van der Waals surface area contributed by atoms with Gasteiger partial charge in [-0.25, -0.2) is 0 Å². The second-order valence-electron chi connectivity index (χ2n) is 15.6. The van der Waals surface area contributed by atoms with Gasteiger partial charge < -0.3 is 0 Å². The molecule has 0 saturated heterocycles. The van der Waals surface area contributed by atoms with Crippen molar-refractivity contribution >= 4 is 79.4 Å². The summed E-state index contributed by atoms with van der Waals surface area (Å²) in [6, 6.07) is 67.3. The molecule has 8 aromatic carbocycles. The summed E-state index contributed by atoms with van der Waals surface area (Å²) in [4.78, 5) is 2.54. The number of anilines is 3. The van der Waals surface area contributed by atoms with E-state index in [9.17, 15) is 0 Å². The van der Waals surface area contributed by atoms with Gasteiger partial charge in [-0.1, -0.05) is 0 Å². The quantitative estimate of drug-likeness (QED) is 0.162. The third kappa shape index (κ3) is 3.89. The van der Waals surface area contributed by atoms with Crippen LogP contribution in [-0.4, -0.2) is 13.3 Å². The molecule has 12 rings (SSSR count). The van der Waals surface area contributed by atoms with Gasteiger partial charge in [0.05, 0.1) is 0 Å². The van der Waals surface area contributed by atoms with Crippen LogP contribution in [0.15, 0.2) is 176 Å². The van der Waals surface area contributed by atoms with Crippen LogP contribution >= 0.6 is 11.3 Å². The Balaban J connectivity index is 1.13. The molecule has 0 saturated carbocycles. The fraction of sp³-hybridized carbons (Fsp3) is 0.0588. The Morgan fingerprint density at radius 3 is 1.57 bits per heavy atom. The molecule has 3 aliphatic rings. The zero-order chi connectivity index (χ0) is 35.8. The van der Waals surface area contributed by atoms with E-state index in [1.807, 2.05) is 11.3 Å². The first-order chi connectivity index (χ1) is 26.5. The van der Waals surface area contributed by atoms with Crippen LogP contribution in [0.3, 0.4) is 0 Å². The first-order valence-electron chi connectivity index (χ1n) is 18.9. The zero-order valence-electron chi connectivity index (χ0n) is 30.1. The van der Waals surface area contributed by atoms with Gasteiger partial charge in [0.2, 0.25) is 0 Å². The average Bonchev–Trinajstić information content (AvgIpc) is 3.90. The number of benzene rings is 8. The Morgan fingerprint density at radius 1 is 0.389 bits per heavy atom. The van der Waals surface area contributed by atoms with Crippen LogP contribution in [0.4, 0.5) is 17.1 Å². The average molecular weight is 767 g/mol. The topological polar surface area (TPSA) is 3.24 Å². The first-order valence-corrected chi connectivity index (χ1v) is 23.9. The molecular weight excluding hydrogens is 731 g/mol. The molecular formula is C51H35GeNS. The molecule has 1 aromatic heterocycles. The molecule has 3 heteroatoms. The monoisotopic (exact) mass is 767 g/mol. The molecule has 9 aromatic rings. The van der Waals surface area contributed by atoms with E-state index in [-0.39, 0.29) is 5.41 Å². The first kappa shape index (κ1) is 30.8. The molecule has 54 heavy (non-hydrogen) atoms. The Labute approximate surface area is 322 Å². The van der Waals surface area contributed by atoms with Crippen molar-refractivity contribution in [3.8, 4) is 33.4 Å². The van der Waals surface area contributed by atoms with Gasteiger partial charge in [-0.3, -0.25) is 0 Å². The molecule has 254 valence electrons. The molecule has 1 nitrogen and oxygen atoms in total. The van der Waals surface area contributed by atoms with Gasteiger partial charge >= 0.3 is 324 Å². The van der Waals surface area contributed by atoms with Crippen LogP contribution in [0.2, 0.25) is 0 Å². The van der Waals surface area contributed by atoms with Crippen molar-refractivity contribution in [3.05, 3.63) is 187 Å². The predicted octanol–water partition coefficient (Wildman–Crippen LogP) is 11.2. The molecule has 0 atom stereocenters. The van der Waals surface area contributed by atoms with Crippen LogP contribution in [0.25, 0.3) is 53.6 Å². The van der Waals surface area contributed by atoms with Crippen LogP contribution in [-0.2, 0) is 5.41 Å². The van der Waals surface area contributed by atoms with Crippen molar-refractivity contribution in [2.24, 2.45) is 0 Å². The number of nitrogens with zero attached hydrogens (tertiary/aromatic N) is 1. The van der Waals surface area contributed by atoms with E-state index >= 15 is 0 Å². The van der Waals surface area contributed by atoms with Crippen LogP contribution in [0.1, 0.15) is 25.0 Å². The Kier molecular flexibility index (Phi) is 6.23. The molecule has 3 heterocycles. The number of fused-ring (bicyclic) bond motifs is 16. The molecule has 1 aliphatic carbocycles. The molecule has 1 spiro atoms. The van der Waals surface area contributed by atoms with E-state index in [1.165, 1.54) is 86.1 Å². The summed E-state index contributed by atoms with van der Waals surface area (Å²) in [5.74, 6) is 0. The molecule has 0 amide bonds. The van der Waals surface area contributed by atoms with Crippen LogP contribution < -0.4 is 22.5 Å². The molecule has 2 aliphatic heterocycles. The standard InChI is InChI=1S/C51H35GeNS/c1-51(2)43-18-8-3-13-35(43)36-26-23-32(29-44(36)51)53(34-25-28-42-41-17-7-12-22-49(41)54-50(42)31-34)33-24-27-40-39-16-6-11-21-47(39)52(48(40)30-33)45-19-9-4-14-37(45)38-15-5-10-20-46(38)52/h3-31H,1-2H3. The summed E-state index contributed by atoms with van der Waals surface area (Å²) >= 11 is -1.48. The summed E-state index contributed by atoms with van der Waals surface area (Å²) in [6.45, 7) is 4.77. The van der Waals surface area contributed by atoms with E-state index in [1.54, 1.807) is 13.2 Å². The van der Waals surface area contributed by atoms with Gasteiger partial charge in [0.1, 0.15) is 0 Å². The minimum atomic E-state index is -3.37. The number of hydrogen-bond donors (Lipinski definition) is 0. The van der Waals surface area contributed by atoms with Crippen molar-refractivity contribution < 1.29 is 0 Å². The second-order valence-corrected chi connectivity index (χ2v) is 24.4. The maximum atomic E-state index is 2.59. The molecule has 0 radical (unpaired) electrons. The Bertz CT molecular complexity index is 2990. The van der Waals surface area contributed by atoms with Gasteiger partial charge in [0, 0.05) is 0 Å². The van der Waals surface area contributed by atoms with Crippen molar-refractivity contribution in [2.45, 2.75) is 19.3 Å². The SMILES string of the molecule is CC1(C)c2ccccc2-c2ccc(N(c3ccc4[c](c3)[Ge]3([c]5ccccc5-c5cccc[c]53)[c]3ccccc3-4)c3ccc4c(c3)sc3ccccc34)cc21. The zero-order valence-corrected chi connectivity index (χ0v) is 33.0. The Morgan fingerprint density at radius 2 is 0.870 bits per heavy atom. The maximum absolute atomic E-state index is 3.37. The van der Waals surface area contributed by atoms with E-state index in [2.05, 4.69) is 195 Å². The summed E-state index contributed by atoms with van der Waals surface area (Å²) in [7, 11) is 0. The van der Waals surface area contributed by atoms with Gasteiger partial charge in [-0.15, -0.1) is 0 Å². The molecule has 0 unspecified atom stereocenters. The van der Waals surface area contributed by atoms with Gasteiger partial charge in [0.15, 0.2) is 0 Å². The summed E-state index contributed by atoms with van der Waals surface area (Å²) in [5.41, 5.74) is 14.6. The fourth-order valence-electron chi connectivity index (χ4n) is 10.4. The Hall–Kier alpha value is -5.68. The molecule has 0 fully saturated rings. The van der Waals surface area contributed by atoms with Crippen LogP contribution in [0.5, 0.6) is 0 Å². The normalized spacial score (nSPS) is 14.8. The van der Waals surface area contributed by atoms with E-state index in [0.717, 1.165) is 0 Å². The van der Waals surface area contributed by atoms with E-state index in [4.69, 9.17) is 0 Å². The third-order valence-electron chi connectivity index (χ3n) is 12.7. The van der Waals surface area contributed by atoms with E-state index < -0.39 is 13.3 Å². The molecule has 0 N–H and O–H groups in total. The summed E-state index contributed by atoms with van der Waals surface area (Å²) in [5, 5.41) is 2.65. The third-order valence-corrected chi connectivity index (χ3v) is 24.2.